The van der Waals surface area contributed by atoms with Gasteiger partial charge in [0, 0.05) is 19.5 Å². The largest absolute Gasteiger partial charge is 0.278 e. The van der Waals surface area contributed by atoms with E-state index in [1.165, 1.54) is 32.1 Å². The number of rotatable bonds is 2. The molecular weight excluding hydrogens is 176 g/mol. The van der Waals surface area contributed by atoms with E-state index in [1.54, 1.807) is 0 Å². The third-order valence-electron chi connectivity index (χ3n) is 3.34. The Morgan fingerprint density at radius 1 is 1.21 bits per heavy atom. The molecule has 0 radical (unpaired) electrons. The monoisotopic (exact) mass is 196 g/mol. The average molecular weight is 196 g/mol. The summed E-state index contributed by atoms with van der Waals surface area (Å²) in [5, 5.41) is 1.86. The van der Waals surface area contributed by atoms with Gasteiger partial charge in [-0.2, -0.15) is 0 Å². The van der Waals surface area contributed by atoms with Gasteiger partial charge in [0.05, 0.1) is 0 Å². The number of nitrogens with zero attached hydrogens (tertiary/aromatic N) is 1. The Bertz CT molecular complexity index is 199. The lowest BCUT2D eigenvalue weighted by molar-refractivity contribution is -0.137. The van der Waals surface area contributed by atoms with Gasteiger partial charge in [0.2, 0.25) is 5.91 Å². The molecule has 1 N–H and O–H groups in total. The number of carbonyl (C=O) groups is 1. The molecule has 1 amide bonds. The maximum Gasteiger partial charge on any atom is 0.236 e. The lowest BCUT2D eigenvalue weighted by Gasteiger charge is -2.32. The molecule has 0 unspecified atom stereocenters. The first kappa shape index (κ1) is 9.97. The molecule has 1 saturated carbocycles. The fraction of sp³-hybridized carbons (Fsp3) is 0.909. The molecule has 0 spiro atoms. The first-order valence-corrected chi connectivity index (χ1v) is 5.90. The zero-order chi connectivity index (χ0) is 9.80. The summed E-state index contributed by atoms with van der Waals surface area (Å²) in [5.41, 5.74) is 3.20. The summed E-state index contributed by atoms with van der Waals surface area (Å²) in [6, 6.07) is 0. The van der Waals surface area contributed by atoms with Gasteiger partial charge in [-0.3, -0.25) is 9.80 Å². The summed E-state index contributed by atoms with van der Waals surface area (Å²) in [5.74, 6) is 1.04. The maximum absolute atomic E-state index is 11.5. The summed E-state index contributed by atoms with van der Waals surface area (Å²) in [4.78, 5) is 11.5. The highest BCUT2D eigenvalue weighted by atomic mass is 16.2. The summed E-state index contributed by atoms with van der Waals surface area (Å²) >= 11 is 0. The van der Waals surface area contributed by atoms with Crippen molar-refractivity contribution in [2.75, 3.05) is 13.1 Å². The van der Waals surface area contributed by atoms with Gasteiger partial charge in [0.15, 0.2) is 0 Å². The standard InChI is InChI=1S/C11H20N2O/c14-11-7-4-8-12-13(11)9-10-5-2-1-3-6-10/h10,12H,1-9H2. The topological polar surface area (TPSA) is 32.3 Å². The SMILES string of the molecule is O=C1CCCNN1CC1CCCCC1. The number of carbonyl (C=O) groups excluding carboxylic acids is 1. The Hall–Kier alpha value is -0.570. The van der Waals surface area contributed by atoms with Crippen molar-refractivity contribution >= 4 is 5.91 Å². The van der Waals surface area contributed by atoms with Gasteiger partial charge in [-0.25, -0.2) is 5.43 Å². The molecular formula is C11H20N2O. The number of nitrogens with one attached hydrogen (secondary N) is 1. The minimum Gasteiger partial charge on any atom is -0.278 e. The molecule has 0 aromatic carbocycles. The highest BCUT2D eigenvalue weighted by molar-refractivity contribution is 5.76. The molecule has 2 rings (SSSR count). The quantitative estimate of drug-likeness (QED) is 0.729. The second kappa shape index (κ2) is 4.78. The third-order valence-corrected chi connectivity index (χ3v) is 3.34. The fourth-order valence-electron chi connectivity index (χ4n) is 2.47. The zero-order valence-electron chi connectivity index (χ0n) is 8.80. The molecule has 14 heavy (non-hydrogen) atoms. The Morgan fingerprint density at radius 3 is 2.71 bits per heavy atom. The molecule has 3 heteroatoms. The van der Waals surface area contributed by atoms with Crippen molar-refractivity contribution in [2.24, 2.45) is 5.92 Å². The predicted octanol–water partition coefficient (Wildman–Crippen LogP) is 1.69. The zero-order valence-corrected chi connectivity index (χ0v) is 8.80. The van der Waals surface area contributed by atoms with E-state index >= 15 is 0 Å². The van der Waals surface area contributed by atoms with Crippen LogP contribution in [0.5, 0.6) is 0 Å². The molecule has 0 atom stereocenters. The van der Waals surface area contributed by atoms with E-state index in [-0.39, 0.29) is 0 Å². The smallest absolute Gasteiger partial charge is 0.236 e. The Labute approximate surface area is 85.8 Å². The molecule has 2 aliphatic rings. The molecule has 0 aromatic heterocycles. The molecule has 1 aliphatic heterocycles. The van der Waals surface area contributed by atoms with Crippen LogP contribution in [-0.4, -0.2) is 24.0 Å². The maximum atomic E-state index is 11.5. The second-order valence-electron chi connectivity index (χ2n) is 4.52. The Morgan fingerprint density at radius 2 is 2.00 bits per heavy atom. The van der Waals surface area contributed by atoms with Crippen molar-refractivity contribution in [1.29, 1.82) is 0 Å². The Kier molecular flexibility index (Phi) is 3.40. The van der Waals surface area contributed by atoms with E-state index in [2.05, 4.69) is 5.43 Å². The summed E-state index contributed by atoms with van der Waals surface area (Å²) in [6.07, 6.45) is 8.45. The molecule has 1 aliphatic carbocycles. The van der Waals surface area contributed by atoms with Gasteiger partial charge < -0.3 is 0 Å². The molecule has 80 valence electrons. The van der Waals surface area contributed by atoms with Crippen LogP contribution < -0.4 is 5.43 Å². The van der Waals surface area contributed by atoms with Crippen LogP contribution in [0.2, 0.25) is 0 Å². The van der Waals surface area contributed by atoms with Crippen LogP contribution in [-0.2, 0) is 4.79 Å². The van der Waals surface area contributed by atoms with Crippen LogP contribution >= 0.6 is 0 Å². The molecule has 1 heterocycles. The van der Waals surface area contributed by atoms with Crippen molar-refractivity contribution in [3.63, 3.8) is 0 Å². The van der Waals surface area contributed by atoms with E-state index in [4.69, 9.17) is 0 Å². The third kappa shape index (κ3) is 2.47. The molecule has 1 saturated heterocycles. The van der Waals surface area contributed by atoms with Crippen molar-refractivity contribution < 1.29 is 4.79 Å². The van der Waals surface area contributed by atoms with E-state index in [9.17, 15) is 4.79 Å². The number of hydrazine groups is 1. The summed E-state index contributed by atoms with van der Waals surface area (Å²) < 4.78 is 0. The van der Waals surface area contributed by atoms with Crippen molar-refractivity contribution in [2.45, 2.75) is 44.9 Å². The van der Waals surface area contributed by atoms with Crippen LogP contribution in [0.4, 0.5) is 0 Å². The first-order chi connectivity index (χ1) is 6.86. The van der Waals surface area contributed by atoms with Crippen molar-refractivity contribution in [1.82, 2.24) is 10.4 Å². The van der Waals surface area contributed by atoms with Crippen LogP contribution in [0.3, 0.4) is 0 Å². The number of hydrogen-bond acceptors (Lipinski definition) is 2. The van der Waals surface area contributed by atoms with E-state index in [0.29, 0.717) is 5.91 Å². The summed E-state index contributed by atoms with van der Waals surface area (Å²) in [7, 11) is 0. The molecule has 3 nitrogen and oxygen atoms in total. The highest BCUT2D eigenvalue weighted by Gasteiger charge is 2.22. The van der Waals surface area contributed by atoms with E-state index < -0.39 is 0 Å². The second-order valence-corrected chi connectivity index (χ2v) is 4.52. The average Bonchev–Trinajstić information content (AvgIpc) is 2.23. The highest BCUT2D eigenvalue weighted by Crippen LogP contribution is 2.24. The van der Waals surface area contributed by atoms with E-state index in [0.717, 1.165) is 31.8 Å². The minimum atomic E-state index is 0.293. The lowest BCUT2D eigenvalue weighted by Crippen LogP contribution is -2.49. The van der Waals surface area contributed by atoms with Gasteiger partial charge in [0.1, 0.15) is 0 Å². The first-order valence-electron chi connectivity index (χ1n) is 5.90. The van der Waals surface area contributed by atoms with E-state index in [1.807, 2.05) is 5.01 Å². The van der Waals surface area contributed by atoms with Gasteiger partial charge in [-0.05, 0) is 25.2 Å². The predicted molar refractivity (Wildman–Crippen MR) is 55.5 cm³/mol. The van der Waals surface area contributed by atoms with Gasteiger partial charge in [-0.1, -0.05) is 19.3 Å². The van der Waals surface area contributed by atoms with Crippen LogP contribution in [0.15, 0.2) is 0 Å². The fourth-order valence-corrected chi connectivity index (χ4v) is 2.47. The number of hydrogen-bond donors (Lipinski definition) is 1. The lowest BCUT2D eigenvalue weighted by atomic mass is 9.89. The Balaban J connectivity index is 1.79. The molecule has 2 fully saturated rings. The number of amides is 1. The van der Waals surface area contributed by atoms with Crippen LogP contribution in [0.25, 0.3) is 0 Å². The van der Waals surface area contributed by atoms with Crippen LogP contribution in [0, 0.1) is 5.92 Å². The van der Waals surface area contributed by atoms with Crippen LogP contribution in [0.1, 0.15) is 44.9 Å². The molecule has 0 aromatic rings. The normalized spacial score (nSPS) is 25.4. The van der Waals surface area contributed by atoms with Crippen molar-refractivity contribution in [3.8, 4) is 0 Å². The van der Waals surface area contributed by atoms with Gasteiger partial charge in [0.25, 0.3) is 0 Å². The van der Waals surface area contributed by atoms with Crippen molar-refractivity contribution in [3.05, 3.63) is 0 Å². The van der Waals surface area contributed by atoms with Gasteiger partial charge >= 0.3 is 0 Å². The minimum absolute atomic E-state index is 0.293. The summed E-state index contributed by atoms with van der Waals surface area (Å²) in [6.45, 7) is 1.91. The molecule has 0 bridgehead atoms. The van der Waals surface area contributed by atoms with Gasteiger partial charge in [-0.15, -0.1) is 0 Å².